The molecule has 6 heteroatoms. The number of nitrogens with one attached hydrogen (secondary N) is 2. The van der Waals surface area contributed by atoms with Gasteiger partial charge in [0.2, 0.25) is 0 Å². The molecule has 2 N–H and O–H groups in total. The minimum atomic E-state index is 0.170. The second-order valence-electron chi connectivity index (χ2n) is 6.65. The number of morpholine rings is 1. The SMILES string of the molecule is C[B]CNCC1CN(CCOCCNC(C)(C)C)CCO1. The molecule has 1 heterocycles. The second-order valence-corrected chi connectivity index (χ2v) is 6.65. The number of rotatable bonds is 10. The molecule has 0 saturated carbocycles. The first-order valence-electron chi connectivity index (χ1n) is 8.16. The molecule has 1 aliphatic rings. The molecule has 0 amide bonds. The Bertz CT molecular complexity index is 262. The van der Waals surface area contributed by atoms with Gasteiger partial charge in [0, 0.05) is 38.3 Å². The van der Waals surface area contributed by atoms with Gasteiger partial charge in [0.05, 0.1) is 25.9 Å². The zero-order chi connectivity index (χ0) is 15.6. The molecule has 1 atom stereocenters. The van der Waals surface area contributed by atoms with Crippen molar-refractivity contribution < 1.29 is 9.47 Å². The normalized spacial score (nSPS) is 20.7. The predicted molar refractivity (Wildman–Crippen MR) is 89.2 cm³/mol. The summed E-state index contributed by atoms with van der Waals surface area (Å²) in [4.78, 5) is 2.43. The van der Waals surface area contributed by atoms with Crippen LogP contribution in [-0.4, -0.2) is 82.8 Å². The molecule has 1 unspecified atom stereocenters. The molecule has 5 nitrogen and oxygen atoms in total. The smallest absolute Gasteiger partial charge is 0.124 e. The first-order valence-corrected chi connectivity index (χ1v) is 8.16. The van der Waals surface area contributed by atoms with Crippen LogP contribution >= 0.6 is 0 Å². The fourth-order valence-electron chi connectivity index (χ4n) is 2.29. The van der Waals surface area contributed by atoms with Gasteiger partial charge >= 0.3 is 0 Å². The van der Waals surface area contributed by atoms with Crippen molar-refractivity contribution in [1.29, 1.82) is 0 Å². The minimum absolute atomic E-state index is 0.170. The second kappa shape index (κ2) is 10.6. The highest BCUT2D eigenvalue weighted by atomic mass is 16.5. The standard InChI is InChI=1S/C15H33BN3O2/c1-15(2,3)18-5-8-20-9-6-19-7-10-21-14(12-19)11-17-13-16-4/h14,17-18H,5-13H2,1-4H3. The molecule has 1 saturated heterocycles. The molecule has 0 spiro atoms. The van der Waals surface area contributed by atoms with E-state index in [1.54, 1.807) is 0 Å². The van der Waals surface area contributed by atoms with E-state index in [0.29, 0.717) is 6.10 Å². The Hall–Kier alpha value is -0.135. The monoisotopic (exact) mass is 298 g/mol. The van der Waals surface area contributed by atoms with Crippen LogP contribution in [0.4, 0.5) is 0 Å². The van der Waals surface area contributed by atoms with Gasteiger partial charge in [-0.25, -0.2) is 0 Å². The number of nitrogens with zero attached hydrogens (tertiary/aromatic N) is 1. The van der Waals surface area contributed by atoms with Crippen molar-refractivity contribution in [2.45, 2.75) is 39.2 Å². The zero-order valence-electron chi connectivity index (χ0n) is 14.3. The minimum Gasteiger partial charge on any atom is -0.379 e. The summed E-state index contributed by atoms with van der Waals surface area (Å²) in [5.74, 6) is 0. The molecule has 123 valence electrons. The molecule has 1 aliphatic heterocycles. The van der Waals surface area contributed by atoms with Crippen LogP contribution in [0.15, 0.2) is 0 Å². The van der Waals surface area contributed by atoms with Crippen molar-refractivity contribution >= 4 is 7.28 Å². The summed E-state index contributed by atoms with van der Waals surface area (Å²) >= 11 is 0. The molecule has 0 aromatic carbocycles. The van der Waals surface area contributed by atoms with Crippen LogP contribution in [0.2, 0.25) is 6.82 Å². The average Bonchev–Trinajstić information content (AvgIpc) is 2.42. The number of hydrogen-bond donors (Lipinski definition) is 2. The summed E-state index contributed by atoms with van der Waals surface area (Å²) in [5, 5.41) is 6.80. The highest BCUT2D eigenvalue weighted by molar-refractivity contribution is 6.33. The maximum atomic E-state index is 5.77. The lowest BCUT2D eigenvalue weighted by Gasteiger charge is -2.33. The maximum Gasteiger partial charge on any atom is 0.124 e. The number of hydrogen-bond acceptors (Lipinski definition) is 5. The van der Waals surface area contributed by atoms with E-state index < -0.39 is 0 Å². The summed E-state index contributed by atoms with van der Waals surface area (Å²) in [6, 6.07) is 0. The van der Waals surface area contributed by atoms with E-state index in [4.69, 9.17) is 9.47 Å². The van der Waals surface area contributed by atoms with Crippen LogP contribution in [0.1, 0.15) is 20.8 Å². The van der Waals surface area contributed by atoms with Gasteiger partial charge in [0.1, 0.15) is 7.28 Å². The van der Waals surface area contributed by atoms with Gasteiger partial charge in [0.15, 0.2) is 0 Å². The Kier molecular flexibility index (Phi) is 9.52. The van der Waals surface area contributed by atoms with Crippen LogP contribution in [-0.2, 0) is 9.47 Å². The van der Waals surface area contributed by atoms with E-state index in [-0.39, 0.29) is 5.54 Å². The third kappa shape index (κ3) is 10.3. The quantitative estimate of drug-likeness (QED) is 0.451. The molecule has 21 heavy (non-hydrogen) atoms. The Morgan fingerprint density at radius 2 is 2.14 bits per heavy atom. The van der Waals surface area contributed by atoms with Gasteiger partial charge in [-0.15, -0.1) is 0 Å². The lowest BCUT2D eigenvalue weighted by molar-refractivity contribution is -0.0343. The maximum absolute atomic E-state index is 5.77. The summed E-state index contributed by atoms with van der Waals surface area (Å²) in [7, 11) is 2.13. The lowest BCUT2D eigenvalue weighted by Crippen LogP contribution is -2.48. The Morgan fingerprint density at radius 3 is 2.86 bits per heavy atom. The fraction of sp³-hybridized carbons (Fsp3) is 1.00. The summed E-state index contributed by atoms with van der Waals surface area (Å²) in [6.07, 6.45) is 1.25. The van der Waals surface area contributed by atoms with E-state index in [1.165, 1.54) is 0 Å². The van der Waals surface area contributed by atoms with Gasteiger partial charge in [-0.2, -0.15) is 0 Å². The third-order valence-corrected chi connectivity index (χ3v) is 3.40. The summed E-state index contributed by atoms with van der Waals surface area (Å²) < 4.78 is 11.5. The fourth-order valence-corrected chi connectivity index (χ4v) is 2.29. The first-order chi connectivity index (χ1) is 10.0. The van der Waals surface area contributed by atoms with Crippen LogP contribution in [0.3, 0.4) is 0 Å². The predicted octanol–water partition coefficient (Wildman–Crippen LogP) is 0.391. The van der Waals surface area contributed by atoms with Gasteiger partial charge in [-0.05, 0) is 27.2 Å². The molecule has 0 aromatic heterocycles. The van der Waals surface area contributed by atoms with E-state index >= 15 is 0 Å². The van der Waals surface area contributed by atoms with E-state index in [0.717, 1.165) is 59.0 Å². The molecule has 1 rings (SSSR count). The Labute approximate surface area is 131 Å². The zero-order valence-corrected chi connectivity index (χ0v) is 14.3. The summed E-state index contributed by atoms with van der Waals surface area (Å²) in [5.41, 5.74) is 0.170. The van der Waals surface area contributed by atoms with Gasteiger partial charge in [0.25, 0.3) is 0 Å². The van der Waals surface area contributed by atoms with Crippen LogP contribution in [0.25, 0.3) is 0 Å². The average molecular weight is 298 g/mol. The van der Waals surface area contributed by atoms with Crippen molar-refractivity contribution in [2.24, 2.45) is 0 Å². The highest BCUT2D eigenvalue weighted by Gasteiger charge is 2.19. The molecule has 0 aromatic rings. The molecule has 0 bridgehead atoms. The van der Waals surface area contributed by atoms with E-state index in [2.05, 4.69) is 50.4 Å². The molecule has 1 fully saturated rings. The van der Waals surface area contributed by atoms with E-state index in [1.807, 2.05) is 0 Å². The van der Waals surface area contributed by atoms with Crippen molar-refractivity contribution in [2.75, 3.05) is 59.0 Å². The van der Waals surface area contributed by atoms with E-state index in [9.17, 15) is 0 Å². The third-order valence-electron chi connectivity index (χ3n) is 3.40. The van der Waals surface area contributed by atoms with Crippen molar-refractivity contribution in [3.8, 4) is 0 Å². The van der Waals surface area contributed by atoms with Gasteiger partial charge in [-0.1, -0.05) is 6.82 Å². The molecule has 0 aliphatic carbocycles. The largest absolute Gasteiger partial charge is 0.379 e. The first kappa shape index (κ1) is 18.9. The lowest BCUT2D eigenvalue weighted by atomic mass is 9.83. The highest BCUT2D eigenvalue weighted by Crippen LogP contribution is 2.04. The van der Waals surface area contributed by atoms with Crippen LogP contribution < -0.4 is 10.6 Å². The summed E-state index contributed by atoms with van der Waals surface area (Å²) in [6.45, 7) is 15.8. The van der Waals surface area contributed by atoms with Crippen molar-refractivity contribution in [1.82, 2.24) is 15.5 Å². The Balaban J connectivity index is 2.01. The molecular weight excluding hydrogens is 265 g/mol. The van der Waals surface area contributed by atoms with Gasteiger partial charge < -0.3 is 20.1 Å². The number of ether oxygens (including phenoxy) is 2. The molecule has 1 radical (unpaired) electrons. The van der Waals surface area contributed by atoms with Crippen LogP contribution in [0, 0.1) is 0 Å². The Morgan fingerprint density at radius 1 is 1.33 bits per heavy atom. The van der Waals surface area contributed by atoms with Crippen molar-refractivity contribution in [3.05, 3.63) is 0 Å². The van der Waals surface area contributed by atoms with Crippen molar-refractivity contribution in [3.63, 3.8) is 0 Å². The molecular formula is C15H33BN3O2. The van der Waals surface area contributed by atoms with Crippen LogP contribution in [0.5, 0.6) is 0 Å². The van der Waals surface area contributed by atoms with Gasteiger partial charge in [-0.3, -0.25) is 4.90 Å². The topological polar surface area (TPSA) is 45.8 Å².